The first kappa shape index (κ1) is 19.9. The van der Waals surface area contributed by atoms with Crippen LogP contribution in [0.5, 0.6) is 5.75 Å². The summed E-state index contributed by atoms with van der Waals surface area (Å²) in [5, 5.41) is 13.0. The number of amides is 1. The van der Waals surface area contributed by atoms with Gasteiger partial charge < -0.3 is 10.1 Å². The third-order valence-corrected chi connectivity index (χ3v) is 5.41. The maximum absolute atomic E-state index is 13.4. The van der Waals surface area contributed by atoms with E-state index in [2.05, 4.69) is 11.4 Å². The summed E-state index contributed by atoms with van der Waals surface area (Å²) in [7, 11) is 0. The van der Waals surface area contributed by atoms with Crippen LogP contribution in [0.15, 0.2) is 42.5 Å². The molecule has 28 heavy (non-hydrogen) atoms. The van der Waals surface area contributed by atoms with E-state index in [1.165, 1.54) is 13.0 Å². The van der Waals surface area contributed by atoms with Crippen LogP contribution >= 0.6 is 11.6 Å². The van der Waals surface area contributed by atoms with E-state index in [1.54, 1.807) is 24.3 Å². The Morgan fingerprint density at radius 3 is 2.39 bits per heavy atom. The number of nitrogens with one attached hydrogen (secondary N) is 1. The smallest absolute Gasteiger partial charge is 0.308 e. The van der Waals surface area contributed by atoms with Crippen molar-refractivity contribution in [3.63, 3.8) is 0 Å². The third kappa shape index (κ3) is 4.18. The minimum absolute atomic E-state index is 0.133. The number of anilines is 1. The molecule has 0 heterocycles. The lowest BCUT2D eigenvalue weighted by Crippen LogP contribution is -2.42. The molecule has 1 amide bonds. The molecule has 1 aliphatic carbocycles. The van der Waals surface area contributed by atoms with Crippen molar-refractivity contribution < 1.29 is 14.3 Å². The average Bonchev–Trinajstić information content (AvgIpc) is 2.69. The van der Waals surface area contributed by atoms with Crippen LogP contribution in [0.3, 0.4) is 0 Å². The molecule has 0 unspecified atom stereocenters. The highest BCUT2D eigenvalue weighted by molar-refractivity contribution is 6.30. The first-order chi connectivity index (χ1) is 13.4. The van der Waals surface area contributed by atoms with Crippen molar-refractivity contribution in [1.29, 1.82) is 5.26 Å². The fraction of sp³-hybridized carbons (Fsp3) is 0.318. The number of rotatable bonds is 4. The fourth-order valence-corrected chi connectivity index (χ4v) is 3.89. The molecule has 2 aromatic rings. The Hall–Kier alpha value is -2.84. The highest BCUT2D eigenvalue weighted by Gasteiger charge is 2.41. The number of carbonyl (C=O) groups is 2. The Morgan fingerprint density at radius 2 is 1.79 bits per heavy atom. The van der Waals surface area contributed by atoms with Crippen LogP contribution in [0.2, 0.25) is 5.02 Å². The summed E-state index contributed by atoms with van der Waals surface area (Å²) in [5.41, 5.74) is 0.935. The van der Waals surface area contributed by atoms with E-state index in [0.717, 1.165) is 37.7 Å². The van der Waals surface area contributed by atoms with Gasteiger partial charge in [0.1, 0.15) is 11.8 Å². The second-order valence-corrected chi connectivity index (χ2v) is 7.45. The van der Waals surface area contributed by atoms with Crippen LogP contribution in [-0.4, -0.2) is 11.9 Å². The number of benzene rings is 2. The lowest BCUT2D eigenvalue weighted by Gasteiger charge is -2.36. The van der Waals surface area contributed by atoms with Crippen molar-refractivity contribution in [3.8, 4) is 11.8 Å². The Kier molecular flexibility index (Phi) is 6.01. The second kappa shape index (κ2) is 8.45. The van der Waals surface area contributed by atoms with Gasteiger partial charge in [-0.15, -0.1) is 0 Å². The quantitative estimate of drug-likeness (QED) is 0.584. The monoisotopic (exact) mass is 396 g/mol. The topological polar surface area (TPSA) is 79.2 Å². The minimum atomic E-state index is -0.649. The molecular weight excluding hydrogens is 376 g/mol. The Bertz CT molecular complexity index is 926. The van der Waals surface area contributed by atoms with E-state index >= 15 is 0 Å². The standard InChI is InChI=1S/C22H21ClN2O3/c1-15(26)28-19-9-10-20(16(13-19)14-24)25-21(27)22(11-3-2-4-12-22)17-5-7-18(23)8-6-17/h5-10,13H,2-4,11-12H2,1H3,(H,25,27). The second-order valence-electron chi connectivity index (χ2n) is 7.02. The Labute approximate surface area is 169 Å². The first-order valence-corrected chi connectivity index (χ1v) is 9.62. The highest BCUT2D eigenvalue weighted by atomic mass is 35.5. The summed E-state index contributed by atoms with van der Waals surface area (Å²) in [5.74, 6) is -0.331. The van der Waals surface area contributed by atoms with Gasteiger partial charge in [-0.3, -0.25) is 9.59 Å². The number of halogens is 1. The van der Waals surface area contributed by atoms with Crippen molar-refractivity contribution in [2.24, 2.45) is 0 Å². The minimum Gasteiger partial charge on any atom is -0.427 e. The van der Waals surface area contributed by atoms with Gasteiger partial charge in [0.05, 0.1) is 16.7 Å². The van der Waals surface area contributed by atoms with Gasteiger partial charge in [0.15, 0.2) is 0 Å². The maximum Gasteiger partial charge on any atom is 0.308 e. The molecular formula is C22H21ClN2O3. The van der Waals surface area contributed by atoms with Gasteiger partial charge in [-0.2, -0.15) is 5.26 Å². The van der Waals surface area contributed by atoms with Gasteiger partial charge >= 0.3 is 5.97 Å². The zero-order valence-corrected chi connectivity index (χ0v) is 16.4. The molecule has 0 aliphatic heterocycles. The summed E-state index contributed by atoms with van der Waals surface area (Å²) in [4.78, 5) is 24.5. The summed E-state index contributed by atoms with van der Waals surface area (Å²) < 4.78 is 5.02. The van der Waals surface area contributed by atoms with E-state index in [-0.39, 0.29) is 17.2 Å². The summed E-state index contributed by atoms with van der Waals surface area (Å²) >= 11 is 6.02. The molecule has 0 spiro atoms. The molecule has 144 valence electrons. The number of ether oxygens (including phenoxy) is 1. The summed E-state index contributed by atoms with van der Waals surface area (Å²) in [6.45, 7) is 1.29. The molecule has 0 radical (unpaired) electrons. The average molecular weight is 397 g/mol. The summed E-state index contributed by atoms with van der Waals surface area (Å²) in [6.07, 6.45) is 4.52. The molecule has 3 rings (SSSR count). The molecule has 5 nitrogen and oxygen atoms in total. The van der Waals surface area contributed by atoms with Crippen LogP contribution < -0.4 is 10.1 Å². The number of hydrogen-bond acceptors (Lipinski definition) is 4. The zero-order chi connectivity index (χ0) is 20.1. The van der Waals surface area contributed by atoms with Crippen LogP contribution in [0.4, 0.5) is 5.69 Å². The van der Waals surface area contributed by atoms with Gasteiger partial charge in [-0.05, 0) is 42.7 Å². The third-order valence-electron chi connectivity index (χ3n) is 5.16. The van der Waals surface area contributed by atoms with Crippen LogP contribution in [0.1, 0.15) is 50.2 Å². The number of hydrogen-bond donors (Lipinski definition) is 1. The van der Waals surface area contributed by atoms with Crippen molar-refractivity contribution in [2.45, 2.75) is 44.4 Å². The number of nitrogens with zero attached hydrogens (tertiary/aromatic N) is 1. The zero-order valence-electron chi connectivity index (χ0n) is 15.6. The number of esters is 1. The lowest BCUT2D eigenvalue weighted by molar-refractivity contribution is -0.131. The SMILES string of the molecule is CC(=O)Oc1ccc(NC(=O)C2(c3ccc(Cl)cc3)CCCCC2)c(C#N)c1. The van der Waals surface area contributed by atoms with E-state index in [4.69, 9.17) is 16.3 Å². The highest BCUT2D eigenvalue weighted by Crippen LogP contribution is 2.41. The molecule has 1 aliphatic rings. The molecule has 0 aromatic heterocycles. The van der Waals surface area contributed by atoms with Crippen LogP contribution in [-0.2, 0) is 15.0 Å². The van der Waals surface area contributed by atoms with Gasteiger partial charge in [-0.25, -0.2) is 0 Å². The molecule has 1 fully saturated rings. The maximum atomic E-state index is 13.4. The van der Waals surface area contributed by atoms with Crippen LogP contribution in [0.25, 0.3) is 0 Å². The normalized spacial score (nSPS) is 15.3. The van der Waals surface area contributed by atoms with Gasteiger partial charge in [0, 0.05) is 18.0 Å². The Morgan fingerprint density at radius 1 is 1.11 bits per heavy atom. The fourth-order valence-electron chi connectivity index (χ4n) is 3.77. The summed E-state index contributed by atoms with van der Waals surface area (Å²) in [6, 6.07) is 14.1. The van der Waals surface area contributed by atoms with Crippen molar-refractivity contribution in [3.05, 3.63) is 58.6 Å². The molecule has 6 heteroatoms. The van der Waals surface area contributed by atoms with Crippen molar-refractivity contribution in [2.75, 3.05) is 5.32 Å². The Balaban J connectivity index is 1.91. The largest absolute Gasteiger partial charge is 0.427 e. The van der Waals surface area contributed by atoms with Crippen molar-refractivity contribution >= 4 is 29.2 Å². The molecule has 0 atom stereocenters. The molecule has 0 bridgehead atoms. The van der Waals surface area contributed by atoms with E-state index in [0.29, 0.717) is 10.7 Å². The van der Waals surface area contributed by atoms with E-state index < -0.39 is 11.4 Å². The van der Waals surface area contributed by atoms with Gasteiger partial charge in [0.2, 0.25) is 5.91 Å². The predicted octanol–water partition coefficient (Wildman–Crippen LogP) is 4.98. The van der Waals surface area contributed by atoms with E-state index in [9.17, 15) is 14.9 Å². The number of carbonyl (C=O) groups excluding carboxylic acids is 2. The first-order valence-electron chi connectivity index (χ1n) is 9.25. The van der Waals surface area contributed by atoms with Gasteiger partial charge in [-0.1, -0.05) is 43.0 Å². The van der Waals surface area contributed by atoms with Crippen molar-refractivity contribution in [1.82, 2.24) is 0 Å². The molecule has 1 N–H and O–H groups in total. The van der Waals surface area contributed by atoms with Gasteiger partial charge in [0.25, 0.3) is 0 Å². The molecule has 1 saturated carbocycles. The lowest BCUT2D eigenvalue weighted by atomic mass is 9.68. The number of nitriles is 1. The van der Waals surface area contributed by atoms with E-state index in [1.807, 2.05) is 12.1 Å². The molecule has 0 saturated heterocycles. The van der Waals surface area contributed by atoms with Crippen LogP contribution in [0, 0.1) is 11.3 Å². The molecule has 2 aromatic carbocycles. The predicted molar refractivity (Wildman–Crippen MR) is 107 cm³/mol.